The molecule has 1 fully saturated rings. The lowest BCUT2D eigenvalue weighted by Crippen LogP contribution is -2.55. The second-order valence-electron chi connectivity index (χ2n) is 2.89. The van der Waals surface area contributed by atoms with Crippen LogP contribution in [-0.2, 0) is 9.90 Å². The van der Waals surface area contributed by atoms with Crippen LogP contribution >= 0.6 is 0 Å². The van der Waals surface area contributed by atoms with E-state index in [4.69, 9.17) is 5.11 Å². The molecule has 0 aromatic heterocycles. The third kappa shape index (κ3) is 2.44. The molecule has 0 saturated carbocycles. The van der Waals surface area contributed by atoms with Gasteiger partial charge in [-0.1, -0.05) is 0 Å². The van der Waals surface area contributed by atoms with E-state index in [1.165, 1.54) is 0 Å². The SMILES string of the molecule is [O]CCN1CC(=O)NC(CO)C1. The maximum Gasteiger partial charge on any atom is 0.234 e. The van der Waals surface area contributed by atoms with E-state index in [2.05, 4.69) is 5.32 Å². The summed E-state index contributed by atoms with van der Waals surface area (Å²) >= 11 is 0. The topological polar surface area (TPSA) is 72.5 Å². The molecule has 1 aliphatic rings. The van der Waals surface area contributed by atoms with E-state index >= 15 is 0 Å². The number of nitrogens with zero attached hydrogens (tertiary/aromatic N) is 1. The van der Waals surface area contributed by atoms with Crippen molar-refractivity contribution in [3.05, 3.63) is 0 Å². The molecule has 1 amide bonds. The van der Waals surface area contributed by atoms with Gasteiger partial charge in [0.1, 0.15) is 0 Å². The summed E-state index contributed by atoms with van der Waals surface area (Å²) in [5.41, 5.74) is 0. The lowest BCUT2D eigenvalue weighted by Gasteiger charge is -2.31. The quantitative estimate of drug-likeness (QED) is 0.529. The van der Waals surface area contributed by atoms with Gasteiger partial charge < -0.3 is 10.4 Å². The van der Waals surface area contributed by atoms with E-state index in [0.29, 0.717) is 13.1 Å². The van der Waals surface area contributed by atoms with Gasteiger partial charge in [-0.3, -0.25) is 9.69 Å². The number of hydrogen-bond donors (Lipinski definition) is 2. The zero-order chi connectivity index (χ0) is 8.97. The summed E-state index contributed by atoms with van der Waals surface area (Å²) in [4.78, 5) is 12.7. The monoisotopic (exact) mass is 173 g/mol. The number of rotatable bonds is 3. The summed E-state index contributed by atoms with van der Waals surface area (Å²) in [6.45, 7) is 0.958. The smallest absolute Gasteiger partial charge is 0.234 e. The fourth-order valence-corrected chi connectivity index (χ4v) is 1.30. The van der Waals surface area contributed by atoms with Crippen LogP contribution in [0.15, 0.2) is 0 Å². The van der Waals surface area contributed by atoms with Crippen molar-refractivity contribution in [3.63, 3.8) is 0 Å². The molecule has 1 radical (unpaired) electrons. The number of carbonyl (C=O) groups is 1. The Labute approximate surface area is 71.0 Å². The van der Waals surface area contributed by atoms with Crippen LogP contribution in [0.5, 0.6) is 0 Å². The second kappa shape index (κ2) is 4.39. The summed E-state index contributed by atoms with van der Waals surface area (Å²) in [6.07, 6.45) is 0. The van der Waals surface area contributed by atoms with Crippen molar-refractivity contribution in [2.24, 2.45) is 0 Å². The number of amides is 1. The van der Waals surface area contributed by atoms with Gasteiger partial charge in [-0.05, 0) is 0 Å². The molecule has 5 nitrogen and oxygen atoms in total. The van der Waals surface area contributed by atoms with E-state index in [1.54, 1.807) is 4.90 Å². The number of nitrogens with one attached hydrogen (secondary N) is 1. The van der Waals surface area contributed by atoms with Crippen LogP contribution in [0.2, 0.25) is 0 Å². The molecular formula is C7H13N2O3. The molecule has 1 saturated heterocycles. The van der Waals surface area contributed by atoms with Gasteiger partial charge in [0.15, 0.2) is 0 Å². The molecule has 0 spiro atoms. The number of aliphatic hydroxyl groups is 1. The average molecular weight is 173 g/mol. The largest absolute Gasteiger partial charge is 0.394 e. The van der Waals surface area contributed by atoms with Crippen molar-refractivity contribution >= 4 is 5.91 Å². The van der Waals surface area contributed by atoms with Gasteiger partial charge in [0, 0.05) is 13.1 Å². The van der Waals surface area contributed by atoms with Crippen molar-refractivity contribution < 1.29 is 15.0 Å². The van der Waals surface area contributed by atoms with Gasteiger partial charge >= 0.3 is 0 Å². The van der Waals surface area contributed by atoms with Crippen molar-refractivity contribution in [2.45, 2.75) is 6.04 Å². The van der Waals surface area contributed by atoms with E-state index in [-0.39, 0.29) is 31.7 Å². The molecular weight excluding hydrogens is 160 g/mol. The molecule has 5 heteroatoms. The Balaban J connectivity index is 2.39. The van der Waals surface area contributed by atoms with Crippen LogP contribution in [0.4, 0.5) is 0 Å². The number of carbonyl (C=O) groups excluding carboxylic acids is 1. The first-order chi connectivity index (χ1) is 5.76. The molecule has 0 bridgehead atoms. The molecule has 0 aromatic rings. The van der Waals surface area contributed by atoms with Crippen LogP contribution < -0.4 is 5.32 Å². The van der Waals surface area contributed by atoms with Crippen molar-refractivity contribution in [1.29, 1.82) is 0 Å². The first-order valence-corrected chi connectivity index (χ1v) is 3.97. The van der Waals surface area contributed by atoms with Crippen molar-refractivity contribution in [3.8, 4) is 0 Å². The van der Waals surface area contributed by atoms with E-state index in [1.807, 2.05) is 0 Å². The van der Waals surface area contributed by atoms with Gasteiger partial charge in [-0.15, -0.1) is 0 Å². The summed E-state index contributed by atoms with van der Waals surface area (Å²) < 4.78 is 0. The molecule has 1 rings (SSSR count). The number of hydrogen-bond acceptors (Lipinski definition) is 3. The normalized spacial score (nSPS) is 25.5. The maximum atomic E-state index is 11.0. The third-order valence-corrected chi connectivity index (χ3v) is 1.84. The van der Waals surface area contributed by atoms with Crippen molar-refractivity contribution in [2.75, 3.05) is 32.8 Å². The predicted molar refractivity (Wildman–Crippen MR) is 41.0 cm³/mol. The summed E-state index contributed by atoms with van der Waals surface area (Å²) in [5.74, 6) is -0.117. The fraction of sp³-hybridized carbons (Fsp3) is 0.857. The highest BCUT2D eigenvalue weighted by Crippen LogP contribution is 1.98. The highest BCUT2D eigenvalue weighted by molar-refractivity contribution is 5.79. The molecule has 12 heavy (non-hydrogen) atoms. The summed E-state index contributed by atoms with van der Waals surface area (Å²) in [6, 6.07) is -0.210. The fourth-order valence-electron chi connectivity index (χ4n) is 1.30. The standard InChI is InChI=1S/C7H13N2O3/c10-2-1-9-3-6(5-11)8-7(12)4-9/h6,11H,1-5H2,(H,8,12). The van der Waals surface area contributed by atoms with Gasteiger partial charge in [0.05, 0.1) is 25.8 Å². The molecule has 0 aromatic carbocycles. The highest BCUT2D eigenvalue weighted by Gasteiger charge is 2.23. The summed E-state index contributed by atoms with van der Waals surface area (Å²) in [5, 5.41) is 21.7. The minimum Gasteiger partial charge on any atom is -0.394 e. The lowest BCUT2D eigenvalue weighted by atomic mass is 10.2. The van der Waals surface area contributed by atoms with E-state index in [9.17, 15) is 9.90 Å². The average Bonchev–Trinajstić information content (AvgIpc) is 2.04. The van der Waals surface area contributed by atoms with Crippen LogP contribution in [0.3, 0.4) is 0 Å². The Morgan fingerprint density at radius 3 is 3.00 bits per heavy atom. The third-order valence-electron chi connectivity index (χ3n) is 1.84. The molecule has 1 unspecified atom stereocenters. The van der Waals surface area contributed by atoms with E-state index in [0.717, 1.165) is 0 Å². The van der Waals surface area contributed by atoms with Gasteiger partial charge in [0.2, 0.25) is 5.91 Å². The molecule has 1 atom stereocenters. The Morgan fingerprint density at radius 2 is 2.42 bits per heavy atom. The van der Waals surface area contributed by atoms with Gasteiger partial charge in [0.25, 0.3) is 0 Å². The zero-order valence-electron chi connectivity index (χ0n) is 6.82. The zero-order valence-corrected chi connectivity index (χ0v) is 6.82. The van der Waals surface area contributed by atoms with Crippen molar-refractivity contribution in [1.82, 2.24) is 10.2 Å². The minimum absolute atomic E-state index is 0.0684. The Kier molecular flexibility index (Phi) is 3.46. The summed E-state index contributed by atoms with van der Waals surface area (Å²) in [7, 11) is 0. The van der Waals surface area contributed by atoms with Crippen LogP contribution in [-0.4, -0.2) is 54.8 Å². The molecule has 69 valence electrons. The predicted octanol–water partition coefficient (Wildman–Crippen LogP) is -1.79. The highest BCUT2D eigenvalue weighted by atomic mass is 16.3. The lowest BCUT2D eigenvalue weighted by molar-refractivity contribution is -0.126. The molecule has 0 aliphatic carbocycles. The Hall–Kier alpha value is -0.650. The first-order valence-electron chi connectivity index (χ1n) is 3.97. The number of aliphatic hydroxyl groups excluding tert-OH is 1. The van der Waals surface area contributed by atoms with Gasteiger partial charge in [-0.25, -0.2) is 5.11 Å². The number of piperazine rings is 1. The van der Waals surface area contributed by atoms with Crippen LogP contribution in [0, 0.1) is 0 Å². The molecule has 1 heterocycles. The maximum absolute atomic E-state index is 11.0. The second-order valence-corrected chi connectivity index (χ2v) is 2.89. The first kappa shape index (κ1) is 9.44. The Morgan fingerprint density at radius 1 is 1.67 bits per heavy atom. The van der Waals surface area contributed by atoms with Crippen LogP contribution in [0.1, 0.15) is 0 Å². The van der Waals surface area contributed by atoms with Gasteiger partial charge in [-0.2, -0.15) is 0 Å². The van der Waals surface area contributed by atoms with E-state index < -0.39 is 0 Å². The molecule has 2 N–H and O–H groups in total. The minimum atomic E-state index is -0.210. The van der Waals surface area contributed by atoms with Crippen LogP contribution in [0.25, 0.3) is 0 Å². The molecule has 1 aliphatic heterocycles. The Bertz CT molecular complexity index is 163.